The van der Waals surface area contributed by atoms with E-state index in [0.29, 0.717) is 24.8 Å². The Morgan fingerprint density at radius 1 is 1.15 bits per heavy atom. The zero-order valence-electron chi connectivity index (χ0n) is 15.4. The molecule has 26 heavy (non-hydrogen) atoms. The van der Waals surface area contributed by atoms with Gasteiger partial charge in [-0.3, -0.25) is 9.59 Å². The first-order chi connectivity index (χ1) is 11.9. The number of aliphatic carboxylic acids is 2. The molecule has 4 saturated carbocycles. The number of carboxylic acid groups (broad SMARTS) is 2. The van der Waals surface area contributed by atoms with Crippen LogP contribution in [-0.4, -0.2) is 44.1 Å². The zero-order valence-corrected chi connectivity index (χ0v) is 15.4. The van der Waals surface area contributed by atoms with E-state index in [9.17, 15) is 30.0 Å². The molecule has 0 radical (unpaired) electrons. The van der Waals surface area contributed by atoms with Crippen molar-refractivity contribution in [3.63, 3.8) is 0 Å². The summed E-state index contributed by atoms with van der Waals surface area (Å²) >= 11 is 0. The van der Waals surface area contributed by atoms with Crippen molar-refractivity contribution in [3.8, 4) is 0 Å². The van der Waals surface area contributed by atoms with Crippen LogP contribution in [0.15, 0.2) is 12.2 Å². The topological polar surface area (TPSA) is 115 Å². The molecule has 4 fully saturated rings. The molecule has 0 unspecified atom stereocenters. The smallest absolute Gasteiger partial charge is 0.309 e. The Balaban J connectivity index is 1.98. The van der Waals surface area contributed by atoms with Crippen LogP contribution in [0.3, 0.4) is 0 Å². The number of carbonyl (C=O) groups is 2. The zero-order chi connectivity index (χ0) is 19.3. The number of hydrogen-bond donors (Lipinski definition) is 4. The van der Waals surface area contributed by atoms with Gasteiger partial charge >= 0.3 is 11.9 Å². The van der Waals surface area contributed by atoms with E-state index >= 15 is 0 Å². The van der Waals surface area contributed by atoms with Gasteiger partial charge in [-0.15, -0.1) is 0 Å². The first-order valence-corrected chi connectivity index (χ1v) is 9.51. The van der Waals surface area contributed by atoms with Crippen LogP contribution in [0, 0.1) is 34.0 Å². The molecule has 1 spiro atoms. The lowest BCUT2D eigenvalue weighted by Gasteiger charge is -2.50. The molecule has 2 bridgehead atoms. The maximum atomic E-state index is 12.5. The Kier molecular flexibility index (Phi) is 3.39. The minimum absolute atomic E-state index is 0.130. The van der Waals surface area contributed by atoms with E-state index in [2.05, 4.69) is 6.58 Å². The number of fused-ring (bicyclic) bond motifs is 3. The summed E-state index contributed by atoms with van der Waals surface area (Å²) in [5.41, 5.74) is -3.60. The Bertz CT molecular complexity index is 717. The molecule has 6 heteroatoms. The summed E-state index contributed by atoms with van der Waals surface area (Å²) in [5.74, 6) is -3.73. The molecule has 6 nitrogen and oxygen atoms in total. The second kappa shape index (κ2) is 4.90. The molecule has 4 rings (SSSR count). The van der Waals surface area contributed by atoms with E-state index < -0.39 is 51.7 Å². The molecule has 0 aromatic heterocycles. The molecule has 0 aliphatic heterocycles. The van der Waals surface area contributed by atoms with Crippen molar-refractivity contribution < 1.29 is 30.0 Å². The summed E-state index contributed by atoms with van der Waals surface area (Å²) in [6, 6.07) is 0. The summed E-state index contributed by atoms with van der Waals surface area (Å²) in [5, 5.41) is 42.3. The summed E-state index contributed by atoms with van der Waals surface area (Å²) in [6.45, 7) is 7.59. The lowest BCUT2D eigenvalue weighted by molar-refractivity contribution is -0.167. The minimum atomic E-state index is -1.24. The highest BCUT2D eigenvalue weighted by Gasteiger charge is 2.79. The molecule has 0 heterocycles. The molecular weight excluding hydrogens is 336 g/mol. The maximum absolute atomic E-state index is 12.5. The van der Waals surface area contributed by atoms with Crippen LogP contribution >= 0.6 is 0 Å². The van der Waals surface area contributed by atoms with E-state index in [1.807, 2.05) is 6.92 Å². The minimum Gasteiger partial charge on any atom is -0.481 e. The Hall–Kier alpha value is -1.40. The fourth-order valence-corrected chi connectivity index (χ4v) is 7.89. The fourth-order valence-electron chi connectivity index (χ4n) is 7.89. The van der Waals surface area contributed by atoms with E-state index in [1.54, 1.807) is 6.92 Å². The van der Waals surface area contributed by atoms with Crippen LogP contribution < -0.4 is 0 Å². The van der Waals surface area contributed by atoms with Gasteiger partial charge in [-0.05, 0) is 61.9 Å². The number of rotatable bonds is 2. The fraction of sp³-hybridized carbons (Fsp3) is 0.800. The van der Waals surface area contributed by atoms with Crippen LogP contribution in [0.4, 0.5) is 0 Å². The first kappa shape index (κ1) is 18.0. The normalized spacial score (nSPS) is 55.3. The van der Waals surface area contributed by atoms with Crippen LogP contribution in [0.1, 0.15) is 52.4 Å². The highest BCUT2D eigenvalue weighted by Crippen LogP contribution is 2.78. The highest BCUT2D eigenvalue weighted by molar-refractivity contribution is 5.79. The Morgan fingerprint density at radius 3 is 2.38 bits per heavy atom. The molecular formula is C20H28O6. The van der Waals surface area contributed by atoms with Crippen LogP contribution in [-0.2, 0) is 9.59 Å². The Morgan fingerprint density at radius 2 is 1.81 bits per heavy atom. The standard InChI is InChI=1S/C20H28O6/c1-10-14(21)20-9-19(10,26)8-5-11(20)17(2)6-4-7-18(3,16(24)25)13(17)12(20)15(22)23/h11-14,21,26H,1,4-9H2,2-3H3,(H,22,23)(H,24,25)/t11-,12+,13-,14+,17-,18+,19-,20+/m0/s1. The summed E-state index contributed by atoms with van der Waals surface area (Å²) < 4.78 is 0. The van der Waals surface area contributed by atoms with Crippen molar-refractivity contribution in [3.05, 3.63) is 12.2 Å². The molecule has 0 aromatic rings. The SMILES string of the molecule is C=C1[C@@H](O)[C@]23C[C@@]1(O)CC[C@H]2[C@]1(C)CCC[C@@](C)(C(=O)O)[C@H]1[C@@H]3C(=O)O. The van der Waals surface area contributed by atoms with Gasteiger partial charge in [-0.2, -0.15) is 0 Å². The van der Waals surface area contributed by atoms with Gasteiger partial charge in [0.25, 0.3) is 0 Å². The van der Waals surface area contributed by atoms with Crippen molar-refractivity contribution in [1.82, 2.24) is 0 Å². The van der Waals surface area contributed by atoms with E-state index in [0.717, 1.165) is 12.8 Å². The molecule has 4 aliphatic carbocycles. The lowest BCUT2D eigenvalue weighted by Crippen LogP contribution is -2.51. The summed E-state index contributed by atoms with van der Waals surface area (Å²) in [6.07, 6.45) is 2.04. The number of aliphatic hydroxyl groups excluding tert-OH is 1. The van der Waals surface area contributed by atoms with Gasteiger partial charge in [0, 0.05) is 5.41 Å². The van der Waals surface area contributed by atoms with Gasteiger partial charge < -0.3 is 20.4 Å². The average molecular weight is 364 g/mol. The molecule has 0 amide bonds. The predicted molar refractivity (Wildman–Crippen MR) is 92.2 cm³/mol. The second-order valence-corrected chi connectivity index (χ2v) is 9.72. The van der Waals surface area contributed by atoms with Crippen molar-refractivity contribution in [2.24, 2.45) is 34.0 Å². The van der Waals surface area contributed by atoms with E-state index in [1.165, 1.54) is 0 Å². The van der Waals surface area contributed by atoms with Crippen LogP contribution in [0.2, 0.25) is 0 Å². The van der Waals surface area contributed by atoms with Gasteiger partial charge in [-0.1, -0.05) is 19.9 Å². The van der Waals surface area contributed by atoms with Gasteiger partial charge in [0.05, 0.1) is 23.0 Å². The highest BCUT2D eigenvalue weighted by atomic mass is 16.4. The molecule has 4 aliphatic rings. The van der Waals surface area contributed by atoms with Crippen molar-refractivity contribution in [2.45, 2.75) is 64.1 Å². The quantitative estimate of drug-likeness (QED) is 0.558. The third kappa shape index (κ3) is 1.71. The Labute approximate surface area is 152 Å². The molecule has 4 N–H and O–H groups in total. The molecule has 8 atom stereocenters. The van der Waals surface area contributed by atoms with E-state index in [4.69, 9.17) is 0 Å². The number of hydrogen-bond acceptors (Lipinski definition) is 4. The molecule has 0 saturated heterocycles. The van der Waals surface area contributed by atoms with Gasteiger partial charge in [0.1, 0.15) is 0 Å². The van der Waals surface area contributed by atoms with Crippen molar-refractivity contribution in [1.29, 1.82) is 0 Å². The second-order valence-electron chi connectivity index (χ2n) is 9.72. The number of carboxylic acids is 2. The third-order valence-corrected chi connectivity index (χ3v) is 8.80. The predicted octanol–water partition coefficient (Wildman–Crippen LogP) is 2.05. The first-order valence-electron chi connectivity index (χ1n) is 9.51. The largest absolute Gasteiger partial charge is 0.481 e. The van der Waals surface area contributed by atoms with Gasteiger partial charge in [0.15, 0.2) is 0 Å². The van der Waals surface area contributed by atoms with E-state index in [-0.39, 0.29) is 12.3 Å². The molecule has 144 valence electrons. The summed E-state index contributed by atoms with van der Waals surface area (Å²) in [4.78, 5) is 24.7. The van der Waals surface area contributed by atoms with Gasteiger partial charge in [-0.25, -0.2) is 0 Å². The maximum Gasteiger partial charge on any atom is 0.309 e. The molecule has 0 aromatic carbocycles. The van der Waals surface area contributed by atoms with Crippen LogP contribution in [0.25, 0.3) is 0 Å². The van der Waals surface area contributed by atoms with Crippen molar-refractivity contribution in [2.75, 3.05) is 0 Å². The van der Waals surface area contributed by atoms with Gasteiger partial charge in [0.2, 0.25) is 0 Å². The number of aliphatic hydroxyl groups is 2. The average Bonchev–Trinajstić information content (AvgIpc) is 2.87. The monoisotopic (exact) mass is 364 g/mol. The third-order valence-electron chi connectivity index (χ3n) is 8.80. The lowest BCUT2D eigenvalue weighted by atomic mass is 9.53. The van der Waals surface area contributed by atoms with Crippen molar-refractivity contribution >= 4 is 11.9 Å². The van der Waals surface area contributed by atoms with Crippen LogP contribution in [0.5, 0.6) is 0 Å². The summed E-state index contributed by atoms with van der Waals surface area (Å²) in [7, 11) is 0.